The van der Waals surface area contributed by atoms with E-state index in [4.69, 9.17) is 4.74 Å². The number of carbonyl (C=O) groups excluding carboxylic acids is 1. The predicted octanol–water partition coefficient (Wildman–Crippen LogP) is 3.66. The smallest absolute Gasteiger partial charge is 0.338 e. The van der Waals surface area contributed by atoms with Crippen LogP contribution >= 0.6 is 0 Å². The lowest BCUT2D eigenvalue weighted by atomic mass is 10.2. The van der Waals surface area contributed by atoms with Gasteiger partial charge in [0.15, 0.2) is 0 Å². The molecule has 0 aliphatic carbocycles. The zero-order chi connectivity index (χ0) is 15.1. The van der Waals surface area contributed by atoms with Gasteiger partial charge in [-0.3, -0.25) is 0 Å². The van der Waals surface area contributed by atoms with Gasteiger partial charge in [0.2, 0.25) is 0 Å². The fourth-order valence-electron chi connectivity index (χ4n) is 1.78. The summed E-state index contributed by atoms with van der Waals surface area (Å²) >= 11 is 0. The van der Waals surface area contributed by atoms with Crippen molar-refractivity contribution in [1.29, 1.82) is 0 Å². The maximum Gasteiger partial charge on any atom is 0.338 e. The van der Waals surface area contributed by atoms with Crippen LogP contribution in [0.3, 0.4) is 0 Å². The molecule has 0 atom stereocenters. The zero-order valence-corrected chi connectivity index (χ0v) is 12.2. The summed E-state index contributed by atoms with van der Waals surface area (Å²) in [6.07, 6.45) is 1.74. The highest BCUT2D eigenvalue weighted by molar-refractivity contribution is 5.90. The molecule has 4 heteroatoms. The summed E-state index contributed by atoms with van der Waals surface area (Å²) in [5.74, 6) is -0.311. The van der Waals surface area contributed by atoms with Gasteiger partial charge in [-0.1, -0.05) is 18.2 Å². The molecule has 0 amide bonds. The molecular formula is C17H18N2O2. The Bertz CT molecular complexity index is 606. The summed E-state index contributed by atoms with van der Waals surface area (Å²) in [6.45, 7) is 2.16. The highest BCUT2D eigenvalue weighted by atomic mass is 16.5. The minimum Gasteiger partial charge on any atom is -0.462 e. The molecule has 2 aromatic carbocycles. The highest BCUT2D eigenvalue weighted by Crippen LogP contribution is 2.15. The van der Waals surface area contributed by atoms with Crippen molar-refractivity contribution in [1.82, 2.24) is 0 Å². The lowest BCUT2D eigenvalue weighted by Crippen LogP contribution is -2.13. The number of ether oxygens (including phenoxy) is 1. The van der Waals surface area contributed by atoms with E-state index in [1.165, 1.54) is 0 Å². The second-order valence-corrected chi connectivity index (χ2v) is 4.46. The first-order chi connectivity index (χ1) is 10.2. The van der Waals surface area contributed by atoms with E-state index in [0.29, 0.717) is 12.2 Å². The van der Waals surface area contributed by atoms with Gasteiger partial charge in [0, 0.05) is 12.7 Å². The van der Waals surface area contributed by atoms with Crippen LogP contribution in [0.25, 0.3) is 0 Å². The third-order valence-corrected chi connectivity index (χ3v) is 2.92. The number of rotatable bonds is 5. The van der Waals surface area contributed by atoms with Crippen LogP contribution in [-0.2, 0) is 4.74 Å². The number of hydrogen-bond acceptors (Lipinski definition) is 3. The monoisotopic (exact) mass is 282 g/mol. The second-order valence-electron chi connectivity index (χ2n) is 4.46. The number of para-hydroxylation sites is 1. The maximum atomic E-state index is 11.5. The minimum atomic E-state index is -0.311. The molecule has 0 saturated heterocycles. The molecular weight excluding hydrogens is 264 g/mol. The molecule has 0 saturated carbocycles. The third kappa shape index (κ3) is 4.18. The SMILES string of the molecule is CCOC(=O)c1ccc(/N=C\N(C)c2ccccc2)cc1. The molecule has 21 heavy (non-hydrogen) atoms. The first-order valence-electron chi connectivity index (χ1n) is 6.80. The number of carbonyl (C=O) groups is 1. The van der Waals surface area contributed by atoms with E-state index < -0.39 is 0 Å². The van der Waals surface area contributed by atoms with Crippen LogP contribution < -0.4 is 4.90 Å². The van der Waals surface area contributed by atoms with Gasteiger partial charge in [0.25, 0.3) is 0 Å². The van der Waals surface area contributed by atoms with E-state index in [0.717, 1.165) is 11.4 Å². The summed E-state index contributed by atoms with van der Waals surface area (Å²) in [7, 11) is 1.94. The van der Waals surface area contributed by atoms with Crippen LogP contribution in [0.5, 0.6) is 0 Å². The number of hydrogen-bond donors (Lipinski definition) is 0. The molecule has 0 N–H and O–H groups in total. The Hall–Kier alpha value is -2.62. The van der Waals surface area contributed by atoms with E-state index in [1.807, 2.05) is 42.3 Å². The minimum absolute atomic E-state index is 0.311. The average molecular weight is 282 g/mol. The average Bonchev–Trinajstić information content (AvgIpc) is 2.54. The summed E-state index contributed by atoms with van der Waals surface area (Å²) in [5, 5.41) is 0. The molecule has 0 spiro atoms. The Morgan fingerprint density at radius 3 is 2.43 bits per heavy atom. The van der Waals surface area contributed by atoms with Gasteiger partial charge < -0.3 is 9.64 Å². The Morgan fingerprint density at radius 1 is 1.14 bits per heavy atom. The first-order valence-corrected chi connectivity index (χ1v) is 6.80. The molecule has 0 aromatic heterocycles. The Balaban J connectivity index is 2.03. The standard InChI is InChI=1S/C17H18N2O2/c1-3-21-17(20)14-9-11-15(12-10-14)18-13-19(2)16-7-5-4-6-8-16/h4-13H,3H2,1-2H3/b18-13-. The van der Waals surface area contributed by atoms with Crippen molar-refractivity contribution >= 4 is 23.7 Å². The Kier molecular flexibility index (Phi) is 5.10. The van der Waals surface area contributed by atoms with Crippen LogP contribution in [0.4, 0.5) is 11.4 Å². The summed E-state index contributed by atoms with van der Waals surface area (Å²) < 4.78 is 4.94. The van der Waals surface area contributed by atoms with Crippen LogP contribution in [-0.4, -0.2) is 26.0 Å². The topological polar surface area (TPSA) is 41.9 Å². The maximum absolute atomic E-state index is 11.5. The van der Waals surface area contributed by atoms with Gasteiger partial charge in [-0.2, -0.15) is 0 Å². The van der Waals surface area contributed by atoms with Crippen molar-refractivity contribution in [2.24, 2.45) is 4.99 Å². The fraction of sp³-hybridized carbons (Fsp3) is 0.176. The molecule has 0 aliphatic heterocycles. The van der Waals surface area contributed by atoms with Crippen molar-refractivity contribution in [3.05, 3.63) is 60.2 Å². The van der Waals surface area contributed by atoms with Gasteiger partial charge >= 0.3 is 5.97 Å². The molecule has 108 valence electrons. The third-order valence-electron chi connectivity index (χ3n) is 2.92. The quantitative estimate of drug-likeness (QED) is 0.477. The largest absolute Gasteiger partial charge is 0.462 e. The number of nitrogens with zero attached hydrogens (tertiary/aromatic N) is 2. The number of esters is 1. The van der Waals surface area contributed by atoms with E-state index in [2.05, 4.69) is 4.99 Å². The van der Waals surface area contributed by atoms with Gasteiger partial charge in [-0.05, 0) is 43.3 Å². The molecule has 4 nitrogen and oxygen atoms in total. The fourth-order valence-corrected chi connectivity index (χ4v) is 1.78. The highest BCUT2D eigenvalue weighted by Gasteiger charge is 2.05. The van der Waals surface area contributed by atoms with Crippen molar-refractivity contribution in [3.63, 3.8) is 0 Å². The second kappa shape index (κ2) is 7.24. The van der Waals surface area contributed by atoms with E-state index in [1.54, 1.807) is 37.5 Å². The summed E-state index contributed by atoms with van der Waals surface area (Å²) in [4.78, 5) is 17.8. The van der Waals surface area contributed by atoms with E-state index in [9.17, 15) is 4.79 Å². The molecule has 0 heterocycles. The summed E-state index contributed by atoms with van der Waals surface area (Å²) in [5.41, 5.74) is 2.38. The van der Waals surface area contributed by atoms with Crippen molar-refractivity contribution < 1.29 is 9.53 Å². The molecule has 0 unspecified atom stereocenters. The van der Waals surface area contributed by atoms with Crippen molar-refractivity contribution in [3.8, 4) is 0 Å². The van der Waals surface area contributed by atoms with E-state index in [-0.39, 0.29) is 5.97 Å². The molecule has 0 fully saturated rings. The zero-order valence-electron chi connectivity index (χ0n) is 12.2. The summed E-state index contributed by atoms with van der Waals surface area (Å²) in [6, 6.07) is 17.0. The van der Waals surface area contributed by atoms with Gasteiger partial charge in [-0.15, -0.1) is 0 Å². The van der Waals surface area contributed by atoms with Crippen LogP contribution in [0.2, 0.25) is 0 Å². The van der Waals surface area contributed by atoms with Crippen LogP contribution in [0.15, 0.2) is 59.6 Å². The molecule has 0 radical (unpaired) electrons. The number of aliphatic imine (C=N–C) groups is 1. The normalized spacial score (nSPS) is 10.6. The van der Waals surface area contributed by atoms with Crippen LogP contribution in [0, 0.1) is 0 Å². The molecule has 2 rings (SSSR count). The molecule has 0 aliphatic rings. The molecule has 2 aromatic rings. The van der Waals surface area contributed by atoms with Crippen molar-refractivity contribution in [2.45, 2.75) is 6.92 Å². The number of benzene rings is 2. The molecule has 0 bridgehead atoms. The lowest BCUT2D eigenvalue weighted by molar-refractivity contribution is 0.0526. The van der Waals surface area contributed by atoms with E-state index >= 15 is 0 Å². The van der Waals surface area contributed by atoms with Crippen LogP contribution in [0.1, 0.15) is 17.3 Å². The lowest BCUT2D eigenvalue weighted by Gasteiger charge is -2.12. The van der Waals surface area contributed by atoms with Gasteiger partial charge in [-0.25, -0.2) is 9.79 Å². The van der Waals surface area contributed by atoms with Gasteiger partial charge in [0.1, 0.15) is 0 Å². The van der Waals surface area contributed by atoms with Gasteiger partial charge in [0.05, 0.1) is 24.2 Å². The predicted molar refractivity (Wildman–Crippen MR) is 85.4 cm³/mol. The van der Waals surface area contributed by atoms with Crippen molar-refractivity contribution in [2.75, 3.05) is 18.6 Å². The number of anilines is 1. The Labute approximate surface area is 124 Å². The Morgan fingerprint density at radius 2 is 1.81 bits per heavy atom. The first kappa shape index (κ1) is 14.8.